The van der Waals surface area contributed by atoms with Crippen molar-refractivity contribution in [1.82, 2.24) is 16.0 Å². The second-order valence-electron chi connectivity index (χ2n) is 6.89. The van der Waals surface area contributed by atoms with Crippen LogP contribution in [-0.4, -0.2) is 49.8 Å². The topological polar surface area (TPSA) is 98.9 Å². The number of carbonyl (C=O) groups excluding carboxylic acids is 1. The first kappa shape index (κ1) is 20.3. The largest absolute Gasteiger partial charge is 0.459 e. The highest BCUT2D eigenvalue weighted by Gasteiger charge is 2.31. The number of carbonyl (C=O) groups is 1. The van der Waals surface area contributed by atoms with Crippen LogP contribution in [0, 0.1) is 5.41 Å². The molecule has 4 N–H and O–H groups in total. The molecule has 1 aliphatic rings. The van der Waals surface area contributed by atoms with Gasteiger partial charge in [0.2, 0.25) is 0 Å². The predicted octanol–water partition coefficient (Wildman–Crippen LogP) is 1.90. The molecule has 1 saturated carbocycles. The molecule has 26 heavy (non-hydrogen) atoms. The van der Waals surface area contributed by atoms with Crippen LogP contribution in [0.2, 0.25) is 0 Å². The Labute approximate surface area is 155 Å². The van der Waals surface area contributed by atoms with Crippen molar-refractivity contribution in [2.24, 2.45) is 10.4 Å². The van der Waals surface area contributed by atoms with E-state index in [0.717, 1.165) is 38.3 Å². The summed E-state index contributed by atoms with van der Waals surface area (Å²) in [6, 6.07) is 3.33. The number of furan rings is 1. The van der Waals surface area contributed by atoms with Gasteiger partial charge in [-0.05, 0) is 43.7 Å². The maximum Gasteiger partial charge on any atom is 0.287 e. The van der Waals surface area contributed by atoms with Gasteiger partial charge < -0.3 is 25.5 Å². The molecule has 2 rings (SSSR count). The van der Waals surface area contributed by atoms with Crippen molar-refractivity contribution < 1.29 is 14.3 Å². The summed E-state index contributed by atoms with van der Waals surface area (Å²) >= 11 is 0. The zero-order valence-electron chi connectivity index (χ0n) is 15.7. The minimum atomic E-state index is -0.220. The van der Waals surface area contributed by atoms with Crippen molar-refractivity contribution in [1.29, 1.82) is 0 Å². The fourth-order valence-electron chi connectivity index (χ4n) is 3.47. The second-order valence-corrected chi connectivity index (χ2v) is 6.89. The van der Waals surface area contributed by atoms with Gasteiger partial charge in [0.1, 0.15) is 0 Å². The number of aliphatic hydroxyl groups excluding tert-OH is 1. The van der Waals surface area contributed by atoms with E-state index < -0.39 is 0 Å². The fraction of sp³-hybridized carbons (Fsp3) is 0.684. The Hall–Kier alpha value is -2.02. The molecule has 0 spiro atoms. The Morgan fingerprint density at radius 2 is 2.00 bits per heavy atom. The normalized spacial score (nSPS) is 16.9. The molecule has 146 valence electrons. The monoisotopic (exact) mass is 364 g/mol. The first-order valence-corrected chi connectivity index (χ1v) is 9.64. The minimum Gasteiger partial charge on any atom is -0.459 e. The SMILES string of the molecule is CCNC(=NCC1(CCO)CCCCC1)NCCNC(=O)c1ccco1. The Balaban J connectivity index is 1.80. The average Bonchev–Trinajstić information content (AvgIpc) is 3.19. The van der Waals surface area contributed by atoms with E-state index in [9.17, 15) is 9.90 Å². The molecule has 0 saturated heterocycles. The van der Waals surface area contributed by atoms with E-state index in [1.807, 2.05) is 6.92 Å². The average molecular weight is 364 g/mol. The van der Waals surface area contributed by atoms with Gasteiger partial charge in [-0.25, -0.2) is 0 Å². The molecule has 0 aromatic carbocycles. The highest BCUT2D eigenvalue weighted by atomic mass is 16.3. The van der Waals surface area contributed by atoms with Crippen LogP contribution in [0.3, 0.4) is 0 Å². The summed E-state index contributed by atoms with van der Waals surface area (Å²) < 4.78 is 5.06. The lowest BCUT2D eigenvalue weighted by Gasteiger charge is -2.35. The van der Waals surface area contributed by atoms with Gasteiger partial charge in [0.25, 0.3) is 5.91 Å². The van der Waals surface area contributed by atoms with E-state index in [2.05, 4.69) is 16.0 Å². The molecule has 7 heteroatoms. The molecule has 0 radical (unpaired) electrons. The molecule has 1 fully saturated rings. The summed E-state index contributed by atoms with van der Waals surface area (Å²) in [6.07, 6.45) is 8.29. The van der Waals surface area contributed by atoms with Gasteiger partial charge in [-0.2, -0.15) is 0 Å². The third-order valence-corrected chi connectivity index (χ3v) is 4.92. The van der Waals surface area contributed by atoms with Crippen molar-refractivity contribution in [3.05, 3.63) is 24.2 Å². The summed E-state index contributed by atoms with van der Waals surface area (Å²) in [7, 11) is 0. The molecular formula is C19H32N4O3. The quantitative estimate of drug-likeness (QED) is 0.305. The van der Waals surface area contributed by atoms with E-state index in [0.29, 0.717) is 18.8 Å². The summed E-state index contributed by atoms with van der Waals surface area (Å²) in [5, 5.41) is 18.7. The number of aliphatic hydroxyl groups is 1. The number of nitrogens with zero attached hydrogens (tertiary/aromatic N) is 1. The van der Waals surface area contributed by atoms with Crippen molar-refractivity contribution in [2.75, 3.05) is 32.8 Å². The maximum absolute atomic E-state index is 11.8. The Morgan fingerprint density at radius 3 is 2.65 bits per heavy atom. The first-order valence-electron chi connectivity index (χ1n) is 9.64. The van der Waals surface area contributed by atoms with Crippen LogP contribution in [0.5, 0.6) is 0 Å². The van der Waals surface area contributed by atoms with Crippen LogP contribution in [0.1, 0.15) is 56.0 Å². The number of hydrogen-bond acceptors (Lipinski definition) is 4. The molecule has 1 heterocycles. The van der Waals surface area contributed by atoms with Crippen LogP contribution in [0.15, 0.2) is 27.8 Å². The number of amides is 1. The Morgan fingerprint density at radius 1 is 1.23 bits per heavy atom. The van der Waals surface area contributed by atoms with Gasteiger partial charge in [0, 0.05) is 32.8 Å². The Bertz CT molecular complexity index is 546. The molecule has 7 nitrogen and oxygen atoms in total. The van der Waals surface area contributed by atoms with Gasteiger partial charge in [0.05, 0.1) is 6.26 Å². The van der Waals surface area contributed by atoms with E-state index in [1.54, 1.807) is 12.1 Å². The Kier molecular flexibility index (Phi) is 8.47. The lowest BCUT2D eigenvalue weighted by atomic mass is 9.72. The van der Waals surface area contributed by atoms with Crippen LogP contribution in [-0.2, 0) is 0 Å². The van der Waals surface area contributed by atoms with Crippen molar-refractivity contribution >= 4 is 11.9 Å². The maximum atomic E-state index is 11.8. The number of hydrogen-bond donors (Lipinski definition) is 4. The fourth-order valence-corrected chi connectivity index (χ4v) is 3.47. The number of nitrogens with one attached hydrogen (secondary N) is 3. The summed E-state index contributed by atoms with van der Waals surface area (Å²) in [5.74, 6) is 0.847. The lowest BCUT2D eigenvalue weighted by Crippen LogP contribution is -2.42. The van der Waals surface area contributed by atoms with Gasteiger partial charge >= 0.3 is 0 Å². The zero-order valence-corrected chi connectivity index (χ0v) is 15.7. The van der Waals surface area contributed by atoms with Gasteiger partial charge in [0.15, 0.2) is 11.7 Å². The van der Waals surface area contributed by atoms with Crippen molar-refractivity contribution in [2.45, 2.75) is 45.4 Å². The van der Waals surface area contributed by atoms with Crippen LogP contribution in [0.25, 0.3) is 0 Å². The molecule has 0 aliphatic heterocycles. The highest BCUT2D eigenvalue weighted by molar-refractivity contribution is 5.91. The molecule has 1 amide bonds. The van der Waals surface area contributed by atoms with Gasteiger partial charge in [-0.1, -0.05) is 19.3 Å². The predicted molar refractivity (Wildman–Crippen MR) is 102 cm³/mol. The molecule has 1 aliphatic carbocycles. The number of rotatable bonds is 9. The second kappa shape index (κ2) is 10.9. The summed E-state index contributed by atoms with van der Waals surface area (Å²) in [4.78, 5) is 16.6. The molecule has 0 atom stereocenters. The van der Waals surface area contributed by atoms with Crippen molar-refractivity contribution in [3.8, 4) is 0 Å². The number of aliphatic imine (C=N–C) groups is 1. The van der Waals surface area contributed by atoms with Gasteiger partial charge in [-0.3, -0.25) is 9.79 Å². The molecule has 1 aromatic heterocycles. The van der Waals surface area contributed by atoms with Crippen molar-refractivity contribution in [3.63, 3.8) is 0 Å². The van der Waals surface area contributed by atoms with E-state index >= 15 is 0 Å². The summed E-state index contributed by atoms with van der Waals surface area (Å²) in [5.41, 5.74) is 0.128. The highest BCUT2D eigenvalue weighted by Crippen LogP contribution is 2.39. The van der Waals surface area contributed by atoms with E-state index in [4.69, 9.17) is 9.41 Å². The molecule has 1 aromatic rings. The number of guanidine groups is 1. The van der Waals surface area contributed by atoms with E-state index in [1.165, 1.54) is 25.5 Å². The minimum absolute atomic E-state index is 0.128. The van der Waals surface area contributed by atoms with E-state index in [-0.39, 0.29) is 17.9 Å². The molecule has 0 bridgehead atoms. The third-order valence-electron chi connectivity index (χ3n) is 4.92. The van der Waals surface area contributed by atoms with Crippen LogP contribution >= 0.6 is 0 Å². The lowest BCUT2D eigenvalue weighted by molar-refractivity contribution is 0.0926. The van der Waals surface area contributed by atoms with Gasteiger partial charge in [-0.15, -0.1) is 0 Å². The standard InChI is InChI=1S/C19H32N4O3/c1-2-20-18(22-12-11-21-17(25)16-7-6-14-26-16)23-15-19(10-13-24)8-4-3-5-9-19/h6-7,14,24H,2-5,8-13,15H2,1H3,(H,21,25)(H2,20,22,23). The molecule has 0 unspecified atom stereocenters. The smallest absolute Gasteiger partial charge is 0.287 e. The molecular weight excluding hydrogens is 332 g/mol. The first-order chi connectivity index (χ1) is 12.7. The van der Waals surface area contributed by atoms with Crippen LogP contribution in [0.4, 0.5) is 0 Å². The third kappa shape index (κ3) is 6.37. The summed E-state index contributed by atoms with van der Waals surface area (Å²) in [6.45, 7) is 4.80. The zero-order chi connectivity index (χ0) is 18.7. The van der Waals surface area contributed by atoms with Crippen LogP contribution < -0.4 is 16.0 Å².